The number of alkyl halides is 5. The Bertz CT molecular complexity index is 1260. The van der Waals surface area contributed by atoms with Gasteiger partial charge in [-0.3, -0.25) is 19.7 Å². The third-order valence-electron chi connectivity index (χ3n) is 5.13. The molecule has 0 aliphatic rings. The Labute approximate surface area is 209 Å². The van der Waals surface area contributed by atoms with E-state index < -0.39 is 70.4 Å². The van der Waals surface area contributed by atoms with Crippen LogP contribution in [-0.4, -0.2) is 63.0 Å². The first kappa shape index (κ1) is 29.6. The van der Waals surface area contributed by atoms with Crippen molar-refractivity contribution in [1.82, 2.24) is 5.32 Å². The Morgan fingerprint density at radius 2 is 1.47 bits per heavy atom. The number of carboxylic acid groups (broad SMARTS) is 2. The minimum Gasteiger partial charge on any atom is -0.480 e. The maximum absolute atomic E-state index is 13.2. The lowest BCUT2D eigenvalue weighted by molar-refractivity contribution is -0.386. The van der Waals surface area contributed by atoms with Gasteiger partial charge < -0.3 is 20.3 Å². The molecule has 0 aliphatic carbocycles. The fraction of sp³-hybridized carbons (Fsp3) is 0.273. The van der Waals surface area contributed by atoms with Gasteiger partial charge in [-0.05, 0) is 18.6 Å². The maximum Gasteiger partial charge on any atom is 0.456 e. The molecule has 0 spiro atoms. The average molecular weight is 548 g/mol. The van der Waals surface area contributed by atoms with Crippen LogP contribution in [0.2, 0.25) is 0 Å². The van der Waals surface area contributed by atoms with Gasteiger partial charge in [-0.25, -0.2) is 9.59 Å². The van der Waals surface area contributed by atoms with Crippen molar-refractivity contribution >= 4 is 29.3 Å². The predicted octanol–water partition coefficient (Wildman–Crippen LogP) is 3.25. The number of hydrogen-bond acceptors (Lipinski definition) is 7. The van der Waals surface area contributed by atoms with Crippen LogP contribution in [0.25, 0.3) is 0 Å². The number of nitro benzene ring substituents is 1. The number of hydrogen-bond donors (Lipinski definition) is 3. The number of aliphatic carboxylic acids is 2. The maximum atomic E-state index is 13.2. The largest absolute Gasteiger partial charge is 0.480 e. The topological polar surface area (TPSA) is 173 Å². The second kappa shape index (κ2) is 10.8. The summed E-state index contributed by atoms with van der Waals surface area (Å²) in [7, 11) is 0. The number of ether oxygens (including phenoxy) is 1. The Morgan fingerprint density at radius 1 is 0.947 bits per heavy atom. The Hall–Kier alpha value is -4.63. The third-order valence-corrected chi connectivity index (χ3v) is 5.13. The van der Waals surface area contributed by atoms with Crippen LogP contribution in [0.3, 0.4) is 0 Å². The van der Waals surface area contributed by atoms with Crippen LogP contribution in [0.1, 0.15) is 33.2 Å². The number of benzene rings is 2. The first-order valence-electron chi connectivity index (χ1n) is 10.2. The minimum absolute atomic E-state index is 0.0576. The van der Waals surface area contributed by atoms with Gasteiger partial charge in [0.15, 0.2) is 18.1 Å². The van der Waals surface area contributed by atoms with E-state index in [1.807, 2.05) is 0 Å². The lowest BCUT2D eigenvalue weighted by Crippen LogP contribution is -2.61. The molecule has 2 aromatic rings. The van der Waals surface area contributed by atoms with Crippen molar-refractivity contribution in [2.75, 3.05) is 6.61 Å². The van der Waals surface area contributed by atoms with Crippen LogP contribution >= 0.6 is 0 Å². The molecule has 0 aromatic heterocycles. The molecule has 204 valence electrons. The number of rotatable bonds is 11. The van der Waals surface area contributed by atoms with Crippen LogP contribution in [0, 0.1) is 10.1 Å². The number of carboxylic acids is 2. The lowest BCUT2D eigenvalue weighted by Gasteiger charge is -2.26. The summed E-state index contributed by atoms with van der Waals surface area (Å²) in [5, 5.41) is 32.2. The summed E-state index contributed by atoms with van der Waals surface area (Å²) in [6.45, 7) is -1.13. The zero-order valence-electron chi connectivity index (χ0n) is 19.0. The molecule has 38 heavy (non-hydrogen) atoms. The highest BCUT2D eigenvalue weighted by atomic mass is 19.4. The molecule has 0 fully saturated rings. The number of amides is 1. The second-order valence-corrected chi connectivity index (χ2v) is 7.83. The van der Waals surface area contributed by atoms with Crippen LogP contribution < -0.4 is 10.1 Å². The number of ketones is 1. The molecule has 2 rings (SSSR count). The van der Waals surface area contributed by atoms with E-state index in [1.165, 1.54) is 31.2 Å². The van der Waals surface area contributed by atoms with E-state index in [2.05, 4.69) is 4.74 Å². The van der Waals surface area contributed by atoms with Crippen molar-refractivity contribution in [3.05, 3.63) is 69.3 Å². The van der Waals surface area contributed by atoms with E-state index in [-0.39, 0.29) is 16.9 Å². The molecule has 0 atom stereocenters. The first-order chi connectivity index (χ1) is 17.4. The molecule has 16 heteroatoms. The number of nitrogens with one attached hydrogen (secondary N) is 1. The highest BCUT2D eigenvalue weighted by Gasteiger charge is 2.58. The van der Waals surface area contributed by atoms with Gasteiger partial charge in [0.2, 0.25) is 5.54 Å². The average Bonchev–Trinajstić information content (AvgIpc) is 2.81. The first-order valence-corrected chi connectivity index (χ1v) is 10.2. The van der Waals surface area contributed by atoms with Gasteiger partial charge in [0.25, 0.3) is 5.91 Å². The fourth-order valence-corrected chi connectivity index (χ4v) is 3.00. The van der Waals surface area contributed by atoms with E-state index in [9.17, 15) is 61.5 Å². The summed E-state index contributed by atoms with van der Waals surface area (Å²) < 4.78 is 68.0. The molecule has 0 saturated carbocycles. The standard InChI is InChI=1S/C22H17F5N2O9/c1-11(30)13-4-2-12(3-5-13)9-20(18(32)33,19(34)35)28-17(31)14-6-7-15(29(36)37)16(8-14)38-10-21(23,24)22(25,26)27/h2-8H,9-10H2,1H3,(H,28,31)(H,32,33)(H,34,35). The van der Waals surface area contributed by atoms with Gasteiger partial charge in [-0.2, -0.15) is 22.0 Å². The Kier molecular flexibility index (Phi) is 8.39. The van der Waals surface area contributed by atoms with E-state index in [1.54, 1.807) is 5.32 Å². The molecular weight excluding hydrogens is 531 g/mol. The van der Waals surface area contributed by atoms with Crippen LogP contribution in [0.5, 0.6) is 5.75 Å². The fourth-order valence-electron chi connectivity index (χ4n) is 3.00. The molecule has 0 radical (unpaired) electrons. The summed E-state index contributed by atoms with van der Waals surface area (Å²) in [4.78, 5) is 58.1. The summed E-state index contributed by atoms with van der Waals surface area (Å²) in [5.41, 5.74) is -4.60. The molecule has 0 bridgehead atoms. The number of carbonyl (C=O) groups is 4. The molecule has 2 aromatic carbocycles. The van der Waals surface area contributed by atoms with Crippen LogP contribution in [0.15, 0.2) is 42.5 Å². The van der Waals surface area contributed by atoms with Crippen molar-refractivity contribution in [2.45, 2.75) is 31.0 Å². The third kappa shape index (κ3) is 6.37. The van der Waals surface area contributed by atoms with Crippen molar-refractivity contribution in [2.24, 2.45) is 0 Å². The van der Waals surface area contributed by atoms with Gasteiger partial charge in [-0.1, -0.05) is 24.3 Å². The van der Waals surface area contributed by atoms with Crippen molar-refractivity contribution in [1.29, 1.82) is 0 Å². The summed E-state index contributed by atoms with van der Waals surface area (Å²) in [5.74, 6) is -12.5. The number of nitro groups is 1. The number of nitrogens with zero attached hydrogens (tertiary/aromatic N) is 1. The van der Waals surface area contributed by atoms with Crippen LogP contribution in [-0.2, 0) is 16.0 Å². The second-order valence-electron chi connectivity index (χ2n) is 7.83. The zero-order chi connectivity index (χ0) is 29.1. The lowest BCUT2D eigenvalue weighted by atomic mass is 9.89. The van der Waals surface area contributed by atoms with Gasteiger partial charge in [-0.15, -0.1) is 0 Å². The van der Waals surface area contributed by atoms with Gasteiger partial charge >= 0.3 is 29.7 Å². The van der Waals surface area contributed by atoms with E-state index in [0.29, 0.717) is 18.2 Å². The van der Waals surface area contributed by atoms with Crippen molar-refractivity contribution in [3.8, 4) is 5.75 Å². The van der Waals surface area contributed by atoms with E-state index in [0.717, 1.165) is 0 Å². The van der Waals surface area contributed by atoms with Gasteiger partial charge in [0.05, 0.1) is 4.92 Å². The normalized spacial score (nSPS) is 11.9. The number of carbonyl (C=O) groups excluding carboxylic acids is 2. The van der Waals surface area contributed by atoms with Gasteiger partial charge in [0.1, 0.15) is 0 Å². The van der Waals surface area contributed by atoms with E-state index in [4.69, 9.17) is 0 Å². The summed E-state index contributed by atoms with van der Waals surface area (Å²) in [6.07, 6.45) is -6.91. The molecule has 0 saturated heterocycles. The molecule has 1 amide bonds. The highest BCUT2D eigenvalue weighted by Crippen LogP contribution is 2.37. The Morgan fingerprint density at radius 3 is 1.92 bits per heavy atom. The SMILES string of the molecule is CC(=O)c1ccc(CC(NC(=O)c2ccc([N+](=O)[O-])c(OCC(F)(F)C(F)(F)F)c2)(C(=O)O)C(=O)O)cc1. The monoisotopic (exact) mass is 548 g/mol. The summed E-state index contributed by atoms with van der Waals surface area (Å²) >= 11 is 0. The van der Waals surface area contributed by atoms with Crippen LogP contribution in [0.4, 0.5) is 27.6 Å². The molecule has 3 N–H and O–H groups in total. The quantitative estimate of drug-likeness (QED) is 0.125. The number of halogens is 5. The molecule has 0 aliphatic heterocycles. The Balaban J connectivity index is 2.43. The van der Waals surface area contributed by atoms with Crippen molar-refractivity contribution < 1.29 is 61.0 Å². The van der Waals surface area contributed by atoms with Crippen molar-refractivity contribution in [3.63, 3.8) is 0 Å². The summed E-state index contributed by atoms with van der Waals surface area (Å²) in [6, 6.07) is 6.62. The molecule has 0 heterocycles. The predicted molar refractivity (Wildman–Crippen MR) is 115 cm³/mol. The minimum atomic E-state index is -6.05. The molecule has 11 nitrogen and oxygen atoms in total. The molecular formula is C22H17F5N2O9. The molecule has 0 unspecified atom stereocenters. The van der Waals surface area contributed by atoms with Gasteiger partial charge in [0, 0.05) is 29.7 Å². The highest BCUT2D eigenvalue weighted by molar-refractivity contribution is 6.09. The number of Topliss-reactive ketones (excluding diaryl/α,β-unsaturated/α-hetero) is 1. The smallest absolute Gasteiger partial charge is 0.456 e. The zero-order valence-corrected chi connectivity index (χ0v) is 19.0. The van der Waals surface area contributed by atoms with E-state index >= 15 is 0 Å².